The molecule has 2 heteroatoms. The molecule has 0 aromatic carbocycles. The molecule has 0 bridgehead atoms. The Labute approximate surface area is 69.1 Å². The zero-order valence-electron chi connectivity index (χ0n) is 7.72. The molecule has 2 unspecified atom stereocenters. The molecule has 2 atom stereocenters. The van der Waals surface area contributed by atoms with Gasteiger partial charge in [-0.05, 0) is 25.8 Å². The van der Waals surface area contributed by atoms with E-state index in [1.807, 2.05) is 14.1 Å². The standard InChI is InChI=1S/C9H18N2/c1-7-4-5-8(10-2)6-9(7)11-3/h7,9,11H,4-6H2,1-3H3. The van der Waals surface area contributed by atoms with Crippen molar-refractivity contribution in [2.75, 3.05) is 14.1 Å². The second-order valence-corrected chi connectivity index (χ2v) is 3.41. The Bertz CT molecular complexity index is 152. The Hall–Kier alpha value is -0.370. The lowest BCUT2D eigenvalue weighted by molar-refractivity contribution is 0.367. The summed E-state index contributed by atoms with van der Waals surface area (Å²) in [6.07, 6.45) is 3.64. The summed E-state index contributed by atoms with van der Waals surface area (Å²) in [5.74, 6) is 0.811. The number of aliphatic imine (C=N–C) groups is 1. The average molecular weight is 154 g/mol. The van der Waals surface area contributed by atoms with Gasteiger partial charge in [0.2, 0.25) is 0 Å². The molecule has 0 heterocycles. The molecule has 1 rings (SSSR count). The van der Waals surface area contributed by atoms with Crippen molar-refractivity contribution in [2.24, 2.45) is 10.9 Å². The minimum atomic E-state index is 0.655. The van der Waals surface area contributed by atoms with Crippen LogP contribution in [-0.2, 0) is 0 Å². The molecule has 0 spiro atoms. The zero-order valence-corrected chi connectivity index (χ0v) is 7.72. The third-order valence-corrected chi connectivity index (χ3v) is 2.72. The van der Waals surface area contributed by atoms with E-state index >= 15 is 0 Å². The third-order valence-electron chi connectivity index (χ3n) is 2.72. The van der Waals surface area contributed by atoms with Gasteiger partial charge < -0.3 is 5.32 Å². The molecule has 0 amide bonds. The first-order chi connectivity index (χ1) is 5.27. The maximum absolute atomic E-state index is 4.26. The summed E-state index contributed by atoms with van der Waals surface area (Å²) in [7, 11) is 3.94. The van der Waals surface area contributed by atoms with Crippen LogP contribution in [0.2, 0.25) is 0 Å². The Balaban J connectivity index is 2.51. The summed E-state index contributed by atoms with van der Waals surface area (Å²) in [6.45, 7) is 2.31. The number of hydrogen-bond donors (Lipinski definition) is 1. The van der Waals surface area contributed by atoms with Gasteiger partial charge in [-0.25, -0.2) is 0 Å². The van der Waals surface area contributed by atoms with E-state index in [1.165, 1.54) is 18.6 Å². The van der Waals surface area contributed by atoms with Crippen LogP contribution in [0.5, 0.6) is 0 Å². The zero-order chi connectivity index (χ0) is 8.27. The van der Waals surface area contributed by atoms with Crippen molar-refractivity contribution in [3.63, 3.8) is 0 Å². The van der Waals surface area contributed by atoms with Gasteiger partial charge in [0.05, 0.1) is 0 Å². The Morgan fingerprint density at radius 3 is 2.82 bits per heavy atom. The summed E-state index contributed by atoms with van der Waals surface area (Å²) in [5, 5.41) is 3.34. The van der Waals surface area contributed by atoms with E-state index in [9.17, 15) is 0 Å². The van der Waals surface area contributed by atoms with Gasteiger partial charge in [-0.15, -0.1) is 0 Å². The highest BCUT2D eigenvalue weighted by atomic mass is 14.9. The maximum atomic E-state index is 4.26. The van der Waals surface area contributed by atoms with Crippen LogP contribution in [0.15, 0.2) is 4.99 Å². The molecule has 0 aromatic rings. The summed E-state index contributed by atoms with van der Waals surface area (Å²) < 4.78 is 0. The molecule has 1 aliphatic rings. The molecule has 11 heavy (non-hydrogen) atoms. The minimum Gasteiger partial charge on any atom is -0.316 e. The van der Waals surface area contributed by atoms with E-state index in [0.717, 1.165) is 12.3 Å². The second kappa shape index (κ2) is 3.86. The molecule has 0 radical (unpaired) electrons. The highest BCUT2D eigenvalue weighted by Crippen LogP contribution is 2.21. The van der Waals surface area contributed by atoms with E-state index in [-0.39, 0.29) is 0 Å². The van der Waals surface area contributed by atoms with E-state index in [0.29, 0.717) is 6.04 Å². The molecule has 2 nitrogen and oxygen atoms in total. The molecule has 1 N–H and O–H groups in total. The third kappa shape index (κ3) is 2.03. The van der Waals surface area contributed by atoms with Crippen LogP contribution >= 0.6 is 0 Å². The van der Waals surface area contributed by atoms with Gasteiger partial charge in [0.25, 0.3) is 0 Å². The first kappa shape index (κ1) is 8.72. The monoisotopic (exact) mass is 154 g/mol. The molecule has 1 saturated carbocycles. The first-order valence-corrected chi connectivity index (χ1v) is 4.39. The van der Waals surface area contributed by atoms with Gasteiger partial charge in [-0.2, -0.15) is 0 Å². The van der Waals surface area contributed by atoms with Crippen molar-refractivity contribution < 1.29 is 0 Å². The van der Waals surface area contributed by atoms with Crippen molar-refractivity contribution in [1.29, 1.82) is 0 Å². The van der Waals surface area contributed by atoms with Gasteiger partial charge in [0.1, 0.15) is 0 Å². The molecule has 0 aliphatic heterocycles. The lowest BCUT2D eigenvalue weighted by Gasteiger charge is -2.29. The lowest BCUT2D eigenvalue weighted by Crippen LogP contribution is -2.37. The van der Waals surface area contributed by atoms with Crippen molar-refractivity contribution in [3.05, 3.63) is 0 Å². The van der Waals surface area contributed by atoms with Gasteiger partial charge in [-0.1, -0.05) is 6.92 Å². The van der Waals surface area contributed by atoms with Crippen LogP contribution in [-0.4, -0.2) is 25.8 Å². The smallest absolute Gasteiger partial charge is 0.0276 e. The van der Waals surface area contributed by atoms with Crippen LogP contribution in [0.1, 0.15) is 26.2 Å². The van der Waals surface area contributed by atoms with Gasteiger partial charge in [-0.3, -0.25) is 4.99 Å². The second-order valence-electron chi connectivity index (χ2n) is 3.41. The van der Waals surface area contributed by atoms with Crippen molar-refractivity contribution >= 4 is 5.71 Å². The highest BCUT2D eigenvalue weighted by Gasteiger charge is 2.22. The summed E-state index contributed by atoms with van der Waals surface area (Å²) in [6, 6.07) is 0.655. The predicted octanol–water partition coefficient (Wildman–Crippen LogP) is 1.47. The number of hydrogen-bond acceptors (Lipinski definition) is 2. The van der Waals surface area contributed by atoms with E-state index in [2.05, 4.69) is 17.2 Å². The van der Waals surface area contributed by atoms with Crippen molar-refractivity contribution in [3.8, 4) is 0 Å². The fourth-order valence-electron chi connectivity index (χ4n) is 1.74. The fraction of sp³-hybridized carbons (Fsp3) is 0.889. The SMILES string of the molecule is CN=C1CCC(C)C(NC)C1. The van der Waals surface area contributed by atoms with Gasteiger partial charge in [0.15, 0.2) is 0 Å². The van der Waals surface area contributed by atoms with E-state index in [1.54, 1.807) is 0 Å². The highest BCUT2D eigenvalue weighted by molar-refractivity contribution is 5.85. The number of nitrogens with zero attached hydrogens (tertiary/aromatic N) is 1. The average Bonchev–Trinajstić information content (AvgIpc) is 2.05. The summed E-state index contributed by atoms with van der Waals surface area (Å²) in [5.41, 5.74) is 1.38. The molecule has 0 aromatic heterocycles. The Morgan fingerprint density at radius 2 is 2.27 bits per heavy atom. The number of nitrogens with one attached hydrogen (secondary N) is 1. The fourth-order valence-corrected chi connectivity index (χ4v) is 1.74. The molecular weight excluding hydrogens is 136 g/mol. The van der Waals surface area contributed by atoms with Crippen LogP contribution < -0.4 is 5.32 Å². The summed E-state index contributed by atoms with van der Waals surface area (Å²) >= 11 is 0. The lowest BCUT2D eigenvalue weighted by atomic mass is 9.85. The molecule has 0 saturated heterocycles. The van der Waals surface area contributed by atoms with E-state index in [4.69, 9.17) is 0 Å². The topological polar surface area (TPSA) is 24.4 Å². The Kier molecular flexibility index (Phi) is 3.06. The molecule has 1 fully saturated rings. The first-order valence-electron chi connectivity index (χ1n) is 4.39. The molecular formula is C9H18N2. The van der Waals surface area contributed by atoms with Crippen molar-refractivity contribution in [2.45, 2.75) is 32.2 Å². The van der Waals surface area contributed by atoms with Crippen LogP contribution in [0.3, 0.4) is 0 Å². The number of rotatable bonds is 1. The van der Waals surface area contributed by atoms with Crippen molar-refractivity contribution in [1.82, 2.24) is 5.32 Å². The molecule has 1 aliphatic carbocycles. The van der Waals surface area contributed by atoms with E-state index < -0.39 is 0 Å². The van der Waals surface area contributed by atoms with Crippen LogP contribution in [0.25, 0.3) is 0 Å². The van der Waals surface area contributed by atoms with Gasteiger partial charge >= 0.3 is 0 Å². The normalized spacial score (nSPS) is 36.1. The Morgan fingerprint density at radius 1 is 1.55 bits per heavy atom. The quantitative estimate of drug-likeness (QED) is 0.607. The van der Waals surface area contributed by atoms with Crippen LogP contribution in [0, 0.1) is 5.92 Å². The molecule has 64 valence electrons. The largest absolute Gasteiger partial charge is 0.316 e. The van der Waals surface area contributed by atoms with Crippen LogP contribution in [0.4, 0.5) is 0 Å². The predicted molar refractivity (Wildman–Crippen MR) is 49.2 cm³/mol. The maximum Gasteiger partial charge on any atom is 0.0276 e. The van der Waals surface area contributed by atoms with Gasteiger partial charge in [0, 0.05) is 25.2 Å². The summed E-state index contributed by atoms with van der Waals surface area (Å²) in [4.78, 5) is 4.26. The minimum absolute atomic E-state index is 0.655.